The third-order valence-corrected chi connectivity index (χ3v) is 20.0. The SMILES string of the molecule is CCCC(=O)Cc1cc(C)ccc1NS(=O)(=O)c1ccc(C)cc1.CCCC(=O)Cc1ccc(C)cc1NS(=O)(=O)c1ccc(C)cc1.CCCC(=O)Oc1ccccc1.Cc1ccc(S(=O)(=O)Nc2cc(C)ccc2N)cc1.Cc1ccc(S(=O)(=O)Nc2ccc(C)cc2N)cc1. The van der Waals surface area contributed by atoms with Crippen molar-refractivity contribution in [3.63, 3.8) is 0 Å². The number of Topliss-reactive ketones (excluding diaryl/α,β-unsaturated/α-hetero) is 2. The maximum Gasteiger partial charge on any atom is 0.311 e. The Hall–Kier alpha value is -9.61. The van der Waals surface area contributed by atoms with E-state index >= 15 is 0 Å². The number of nitrogens with one attached hydrogen (secondary N) is 4. The van der Waals surface area contributed by atoms with Crippen molar-refractivity contribution in [2.45, 2.75) is 147 Å². The van der Waals surface area contributed by atoms with E-state index in [0.29, 0.717) is 70.3 Å². The molecule has 0 aliphatic heterocycles. The zero-order chi connectivity index (χ0) is 72.4. The van der Waals surface area contributed by atoms with Gasteiger partial charge in [-0.1, -0.05) is 152 Å². The predicted molar refractivity (Wildman–Crippen MR) is 396 cm³/mol. The standard InChI is InChI=1S/2C19H23NO3S.2C14H16N2O2S.C10H12O2/c1-4-5-17(21)13-16-9-6-15(3)12-19(16)20-24(22,23)18-10-7-14(2)8-11-18;1-4-5-17(21)13-16-12-15(3)8-11-19(16)20-24(22,23)18-9-6-14(2)7-10-18;1-10-3-6-12(7-4-10)19(17,18)16-14-8-5-11(2)9-13(14)15;1-10-3-6-12(7-4-10)19(17,18)16-14-9-11(2)5-8-13(14)15;1-2-6-10(11)12-9-7-4-3-5-8-9/h2*6-12,20H,4-5,13H2,1-3H3;2*3-9,16H,15H2,1-2H3;3-5,7-8H,2,6H2,1H3. The van der Waals surface area contributed by atoms with E-state index in [9.17, 15) is 48.1 Å². The first-order valence-corrected chi connectivity index (χ1v) is 37.7. The number of para-hydroxylation sites is 1. The first-order chi connectivity index (χ1) is 46.2. The van der Waals surface area contributed by atoms with Gasteiger partial charge in [0.2, 0.25) is 0 Å². The van der Waals surface area contributed by atoms with Gasteiger partial charge in [-0.25, -0.2) is 33.7 Å². The van der Waals surface area contributed by atoms with Gasteiger partial charge in [0.05, 0.1) is 53.7 Å². The lowest BCUT2D eigenvalue weighted by Crippen LogP contribution is -2.15. The Balaban J connectivity index is 0.000000225. The van der Waals surface area contributed by atoms with Crippen molar-refractivity contribution in [2.75, 3.05) is 30.4 Å². The molecule has 98 heavy (non-hydrogen) atoms. The van der Waals surface area contributed by atoms with Crippen molar-refractivity contribution < 1.29 is 52.8 Å². The van der Waals surface area contributed by atoms with Gasteiger partial charge in [-0.3, -0.25) is 33.3 Å². The van der Waals surface area contributed by atoms with Gasteiger partial charge in [0, 0.05) is 32.1 Å². The second kappa shape index (κ2) is 37.2. The van der Waals surface area contributed by atoms with Crippen LogP contribution in [0.5, 0.6) is 5.75 Å². The zero-order valence-electron chi connectivity index (χ0n) is 57.4. The van der Waals surface area contributed by atoms with Crippen LogP contribution in [0.4, 0.5) is 34.1 Å². The van der Waals surface area contributed by atoms with Gasteiger partial charge in [0.1, 0.15) is 17.3 Å². The van der Waals surface area contributed by atoms with Gasteiger partial charge in [-0.2, -0.15) is 0 Å². The number of benzene rings is 9. The molecule has 0 spiro atoms. The van der Waals surface area contributed by atoms with Gasteiger partial charge < -0.3 is 16.2 Å². The van der Waals surface area contributed by atoms with E-state index in [0.717, 1.165) is 63.8 Å². The summed E-state index contributed by atoms with van der Waals surface area (Å²) >= 11 is 0. The fraction of sp³-hybridized carbons (Fsp3) is 0.250. The molecule has 0 aromatic heterocycles. The number of nitrogens with two attached hydrogens (primary N) is 2. The highest BCUT2D eigenvalue weighted by Crippen LogP contribution is 2.28. The first-order valence-electron chi connectivity index (χ1n) is 31.8. The van der Waals surface area contributed by atoms with Gasteiger partial charge >= 0.3 is 5.97 Å². The van der Waals surface area contributed by atoms with E-state index in [1.54, 1.807) is 146 Å². The molecule has 0 atom stereocenters. The van der Waals surface area contributed by atoms with Crippen LogP contribution >= 0.6 is 0 Å². The number of carbonyl (C=O) groups excluding carboxylic acids is 3. The number of carbonyl (C=O) groups is 3. The predicted octanol–water partition coefficient (Wildman–Crippen LogP) is 15.8. The lowest BCUT2D eigenvalue weighted by atomic mass is 10.0. The van der Waals surface area contributed by atoms with E-state index in [1.807, 2.05) is 131 Å². The Morgan fingerprint density at radius 2 is 0.653 bits per heavy atom. The van der Waals surface area contributed by atoms with E-state index in [1.165, 1.54) is 0 Å². The molecule has 0 saturated heterocycles. The van der Waals surface area contributed by atoms with Gasteiger partial charge in [0.15, 0.2) is 0 Å². The molecule has 520 valence electrons. The third-order valence-electron chi connectivity index (χ3n) is 14.5. The number of esters is 1. The van der Waals surface area contributed by atoms with Crippen molar-refractivity contribution >= 4 is 91.8 Å². The summed E-state index contributed by atoms with van der Waals surface area (Å²) in [7, 11) is -14.5. The highest BCUT2D eigenvalue weighted by atomic mass is 32.2. The molecule has 0 radical (unpaired) electrons. The van der Waals surface area contributed by atoms with Crippen LogP contribution in [-0.4, -0.2) is 51.2 Å². The summed E-state index contributed by atoms with van der Waals surface area (Å²) in [6, 6.07) is 57.1. The van der Waals surface area contributed by atoms with Crippen LogP contribution in [0, 0.1) is 55.4 Å². The third kappa shape index (κ3) is 26.1. The molecule has 9 aromatic rings. The Labute approximate surface area is 579 Å². The number of aryl methyl sites for hydroxylation is 8. The van der Waals surface area contributed by atoms with Crippen LogP contribution in [0.15, 0.2) is 220 Å². The second-order valence-electron chi connectivity index (χ2n) is 23.6. The molecule has 9 rings (SSSR count). The zero-order valence-corrected chi connectivity index (χ0v) is 60.7. The minimum absolute atomic E-state index is 0.108. The fourth-order valence-electron chi connectivity index (χ4n) is 9.16. The van der Waals surface area contributed by atoms with E-state index < -0.39 is 40.1 Å². The molecule has 0 amide bonds. The molecule has 0 fully saturated rings. The lowest BCUT2D eigenvalue weighted by Gasteiger charge is -2.13. The van der Waals surface area contributed by atoms with Crippen molar-refractivity contribution in [3.05, 3.63) is 256 Å². The lowest BCUT2D eigenvalue weighted by molar-refractivity contribution is -0.134. The molecule has 0 aliphatic carbocycles. The number of ketones is 2. The quantitative estimate of drug-likeness (QED) is 0.0197. The van der Waals surface area contributed by atoms with Crippen LogP contribution in [0.3, 0.4) is 0 Å². The molecule has 0 unspecified atom stereocenters. The number of anilines is 6. The number of ether oxygens (including phenoxy) is 1. The number of rotatable bonds is 23. The van der Waals surface area contributed by atoms with E-state index in [4.69, 9.17) is 16.2 Å². The maximum atomic E-state index is 12.6. The van der Waals surface area contributed by atoms with Gasteiger partial charge in [-0.05, 0) is 200 Å². The number of sulfonamides is 4. The summed E-state index contributed by atoms with van der Waals surface area (Å²) in [5.41, 5.74) is 23.4. The Kier molecular flexibility index (Phi) is 30.0. The van der Waals surface area contributed by atoms with Crippen LogP contribution in [0.1, 0.15) is 115 Å². The van der Waals surface area contributed by atoms with E-state index in [-0.39, 0.29) is 50.0 Å². The minimum Gasteiger partial charge on any atom is -0.427 e. The Bertz CT molecular complexity index is 4610. The van der Waals surface area contributed by atoms with Crippen LogP contribution in [-0.2, 0) is 67.3 Å². The molecule has 8 N–H and O–H groups in total. The van der Waals surface area contributed by atoms with Crippen molar-refractivity contribution in [1.29, 1.82) is 0 Å². The normalized spacial score (nSPS) is 11.1. The molecule has 22 heteroatoms. The number of hydrogen-bond donors (Lipinski definition) is 6. The van der Waals surface area contributed by atoms with Gasteiger partial charge in [-0.15, -0.1) is 0 Å². The highest BCUT2D eigenvalue weighted by Gasteiger charge is 2.21. The van der Waals surface area contributed by atoms with Crippen molar-refractivity contribution in [2.24, 2.45) is 0 Å². The van der Waals surface area contributed by atoms with Crippen LogP contribution in [0.25, 0.3) is 0 Å². The average molecular weight is 1410 g/mol. The largest absolute Gasteiger partial charge is 0.427 e. The molecule has 0 saturated carbocycles. The van der Waals surface area contributed by atoms with E-state index in [2.05, 4.69) is 18.9 Å². The summed E-state index contributed by atoms with van der Waals surface area (Å²) in [4.78, 5) is 35.8. The molecular weight excluding hydrogens is 1320 g/mol. The summed E-state index contributed by atoms with van der Waals surface area (Å²) in [6.45, 7) is 21.1. The Morgan fingerprint density at radius 1 is 0.327 bits per heavy atom. The molecule has 0 bridgehead atoms. The number of nitrogen functional groups attached to an aromatic ring is 2. The molecular formula is C76H90N6O12S4. The Morgan fingerprint density at radius 3 is 1.07 bits per heavy atom. The molecule has 0 aliphatic rings. The smallest absolute Gasteiger partial charge is 0.311 e. The van der Waals surface area contributed by atoms with Crippen LogP contribution < -0.4 is 35.1 Å². The van der Waals surface area contributed by atoms with Crippen molar-refractivity contribution in [3.8, 4) is 5.75 Å². The molecule has 18 nitrogen and oxygen atoms in total. The van der Waals surface area contributed by atoms with Crippen molar-refractivity contribution in [1.82, 2.24) is 0 Å². The molecule has 0 heterocycles. The fourth-order valence-corrected chi connectivity index (χ4v) is 13.5. The summed E-state index contributed by atoms with van der Waals surface area (Å²) in [5, 5.41) is 0. The second-order valence-corrected chi connectivity index (χ2v) is 30.4. The first kappa shape index (κ1) is 79.1. The summed E-state index contributed by atoms with van der Waals surface area (Å²) in [6.07, 6.45) is 4.35. The van der Waals surface area contributed by atoms with Gasteiger partial charge in [0.25, 0.3) is 40.1 Å². The average Bonchev–Trinajstić information content (AvgIpc) is 0.840. The minimum atomic E-state index is -3.68. The monoisotopic (exact) mass is 1410 g/mol. The topological polar surface area (TPSA) is 297 Å². The highest BCUT2D eigenvalue weighted by molar-refractivity contribution is 7.93. The summed E-state index contributed by atoms with van der Waals surface area (Å²) in [5.74, 6) is 0.677. The maximum absolute atomic E-state index is 12.6. The molecule has 9 aromatic carbocycles. The van der Waals surface area contributed by atoms with Crippen LogP contribution in [0.2, 0.25) is 0 Å². The summed E-state index contributed by atoms with van der Waals surface area (Å²) < 4.78 is 114. The number of hydrogen-bond acceptors (Lipinski definition) is 14.